The van der Waals surface area contributed by atoms with E-state index in [4.69, 9.17) is 4.74 Å². The lowest BCUT2D eigenvalue weighted by Gasteiger charge is -2.28. The lowest BCUT2D eigenvalue weighted by Crippen LogP contribution is -2.51. The highest BCUT2D eigenvalue weighted by molar-refractivity contribution is 7.89. The average molecular weight is 364 g/mol. The van der Waals surface area contributed by atoms with Crippen molar-refractivity contribution in [2.24, 2.45) is 7.05 Å². The monoisotopic (exact) mass is 364 g/mol. The van der Waals surface area contributed by atoms with Crippen LogP contribution in [-0.2, 0) is 21.8 Å². The number of nitrogens with zero attached hydrogens (tertiary/aromatic N) is 1. The van der Waals surface area contributed by atoms with Crippen LogP contribution in [0.3, 0.4) is 0 Å². The molecule has 1 aliphatic rings. The van der Waals surface area contributed by atoms with E-state index in [1.165, 1.54) is 7.05 Å². The standard InChI is InChI=1S/C14H21FN2O6S/c1-3-23-13(19)12-11(15)9(7-17(12)2)24(21,22)16-10-5-4-6-14(10,20)8-18/h7,10,16,18,20H,3-6,8H2,1-2H3/t10-,14+/m1/s1. The van der Waals surface area contributed by atoms with Crippen molar-refractivity contribution in [1.82, 2.24) is 9.29 Å². The maximum absolute atomic E-state index is 14.5. The molecule has 1 aromatic rings. The number of esters is 1. The Balaban J connectivity index is 2.34. The predicted octanol–water partition coefficient (Wildman–Crippen LogP) is -0.105. The number of carbonyl (C=O) groups excluding carboxylic acids is 1. The van der Waals surface area contributed by atoms with E-state index in [2.05, 4.69) is 4.72 Å². The van der Waals surface area contributed by atoms with E-state index in [9.17, 15) is 27.8 Å². The molecule has 0 saturated heterocycles. The van der Waals surface area contributed by atoms with Crippen LogP contribution >= 0.6 is 0 Å². The van der Waals surface area contributed by atoms with Gasteiger partial charge in [0, 0.05) is 13.2 Å². The SMILES string of the molecule is CCOC(=O)c1c(F)c(S(=O)(=O)N[C@@H]2CCC[C@]2(O)CO)cn1C. The number of halogens is 1. The van der Waals surface area contributed by atoms with E-state index >= 15 is 0 Å². The van der Waals surface area contributed by atoms with Crippen molar-refractivity contribution in [3.8, 4) is 0 Å². The molecule has 8 nitrogen and oxygen atoms in total. The quantitative estimate of drug-likeness (QED) is 0.607. The predicted molar refractivity (Wildman–Crippen MR) is 81.3 cm³/mol. The first kappa shape index (κ1) is 18.8. The highest BCUT2D eigenvalue weighted by atomic mass is 32.2. The Labute approximate surface area is 139 Å². The number of sulfonamides is 1. The van der Waals surface area contributed by atoms with Crippen molar-refractivity contribution >= 4 is 16.0 Å². The third kappa shape index (κ3) is 3.32. The zero-order valence-corrected chi connectivity index (χ0v) is 14.3. The van der Waals surface area contributed by atoms with Gasteiger partial charge in [0.2, 0.25) is 10.0 Å². The summed E-state index contributed by atoms with van der Waals surface area (Å²) in [4.78, 5) is 11.0. The Bertz CT molecular complexity index is 732. The summed E-state index contributed by atoms with van der Waals surface area (Å²) in [5, 5.41) is 19.5. The van der Waals surface area contributed by atoms with Crippen LogP contribution in [0.15, 0.2) is 11.1 Å². The smallest absolute Gasteiger partial charge is 0.358 e. The number of ether oxygens (including phenoxy) is 1. The summed E-state index contributed by atoms with van der Waals surface area (Å²) in [5.41, 5.74) is -2.08. The molecule has 1 heterocycles. The molecule has 0 spiro atoms. The molecule has 1 fully saturated rings. The molecule has 0 bridgehead atoms. The summed E-state index contributed by atoms with van der Waals surface area (Å²) in [6.07, 6.45) is 2.05. The first-order valence-corrected chi connectivity index (χ1v) is 9.02. The maximum Gasteiger partial charge on any atom is 0.358 e. The van der Waals surface area contributed by atoms with Gasteiger partial charge in [0.05, 0.1) is 19.3 Å². The fourth-order valence-electron chi connectivity index (χ4n) is 2.85. The number of hydrogen-bond acceptors (Lipinski definition) is 6. The molecule has 1 aliphatic carbocycles. The number of aliphatic hydroxyl groups excluding tert-OH is 1. The molecule has 10 heteroatoms. The molecule has 1 aromatic heterocycles. The van der Waals surface area contributed by atoms with Crippen molar-refractivity contribution in [1.29, 1.82) is 0 Å². The Hall–Kier alpha value is -1.49. The second kappa shape index (κ2) is 6.79. The third-order valence-corrected chi connectivity index (χ3v) is 5.63. The lowest BCUT2D eigenvalue weighted by molar-refractivity contribution is -0.0239. The largest absolute Gasteiger partial charge is 0.461 e. The molecular weight excluding hydrogens is 343 g/mol. The van der Waals surface area contributed by atoms with E-state index in [-0.39, 0.29) is 13.0 Å². The lowest BCUT2D eigenvalue weighted by atomic mass is 10.0. The second-order valence-corrected chi connectivity index (χ2v) is 7.50. The van der Waals surface area contributed by atoms with E-state index in [1.54, 1.807) is 6.92 Å². The zero-order valence-electron chi connectivity index (χ0n) is 13.5. The molecule has 3 N–H and O–H groups in total. The Morgan fingerprint density at radius 1 is 1.58 bits per heavy atom. The second-order valence-electron chi connectivity index (χ2n) is 5.82. The summed E-state index contributed by atoms with van der Waals surface area (Å²) in [5.74, 6) is -2.18. The van der Waals surface area contributed by atoms with Gasteiger partial charge in [-0.05, 0) is 26.2 Å². The van der Waals surface area contributed by atoms with E-state index in [1.807, 2.05) is 0 Å². The van der Waals surface area contributed by atoms with Crippen LogP contribution in [0.2, 0.25) is 0 Å². The molecule has 1 saturated carbocycles. The van der Waals surface area contributed by atoms with E-state index in [0.717, 1.165) is 10.8 Å². The van der Waals surface area contributed by atoms with Crippen LogP contribution in [0.4, 0.5) is 4.39 Å². The van der Waals surface area contributed by atoms with Crippen LogP contribution in [0, 0.1) is 5.82 Å². The minimum Gasteiger partial charge on any atom is -0.461 e. The molecule has 2 rings (SSSR count). The molecule has 2 atom stereocenters. The summed E-state index contributed by atoms with van der Waals surface area (Å²) in [7, 11) is -3.00. The fraction of sp³-hybridized carbons (Fsp3) is 0.643. The molecule has 24 heavy (non-hydrogen) atoms. The van der Waals surface area contributed by atoms with Crippen LogP contribution in [0.1, 0.15) is 36.7 Å². The topological polar surface area (TPSA) is 118 Å². The van der Waals surface area contributed by atoms with Gasteiger partial charge in [-0.2, -0.15) is 0 Å². The molecule has 0 amide bonds. The molecule has 0 unspecified atom stereocenters. The summed E-state index contributed by atoms with van der Waals surface area (Å²) in [6.45, 7) is 0.967. The van der Waals surface area contributed by atoms with Crippen molar-refractivity contribution in [2.75, 3.05) is 13.2 Å². The summed E-state index contributed by atoms with van der Waals surface area (Å²) < 4.78 is 47.3. The number of hydrogen-bond donors (Lipinski definition) is 3. The molecule has 0 aliphatic heterocycles. The molecular formula is C14H21FN2O6S. The van der Waals surface area contributed by atoms with Gasteiger partial charge in [0.15, 0.2) is 11.5 Å². The Morgan fingerprint density at radius 3 is 2.83 bits per heavy atom. The number of rotatable bonds is 6. The number of aliphatic hydroxyl groups is 2. The maximum atomic E-state index is 14.5. The van der Waals surface area contributed by atoms with Gasteiger partial charge in [-0.1, -0.05) is 0 Å². The van der Waals surface area contributed by atoms with Crippen molar-refractivity contribution < 1.29 is 32.6 Å². The zero-order chi connectivity index (χ0) is 18.1. The number of aryl methyl sites for hydroxylation is 1. The Kier molecular flexibility index (Phi) is 5.33. The van der Waals surface area contributed by atoms with Gasteiger partial charge in [-0.3, -0.25) is 0 Å². The molecule has 136 valence electrons. The minimum atomic E-state index is -4.33. The average Bonchev–Trinajstić information content (AvgIpc) is 3.00. The van der Waals surface area contributed by atoms with E-state index < -0.39 is 50.6 Å². The summed E-state index contributed by atoms with van der Waals surface area (Å²) in [6, 6.07) is -0.932. The van der Waals surface area contributed by atoms with Crippen LogP contribution in [-0.4, -0.2) is 54.0 Å². The van der Waals surface area contributed by atoms with E-state index in [0.29, 0.717) is 12.8 Å². The fourth-order valence-corrected chi connectivity index (χ4v) is 4.32. The molecule has 0 radical (unpaired) electrons. The van der Waals surface area contributed by atoms with Crippen LogP contribution < -0.4 is 4.72 Å². The van der Waals surface area contributed by atoms with Gasteiger partial charge in [-0.15, -0.1) is 0 Å². The highest BCUT2D eigenvalue weighted by Gasteiger charge is 2.43. The number of carbonyl (C=O) groups is 1. The van der Waals surface area contributed by atoms with Gasteiger partial charge >= 0.3 is 5.97 Å². The first-order chi connectivity index (χ1) is 11.2. The van der Waals surface area contributed by atoms with Gasteiger partial charge in [0.25, 0.3) is 0 Å². The number of aromatic nitrogens is 1. The third-order valence-electron chi connectivity index (χ3n) is 4.17. The summed E-state index contributed by atoms with van der Waals surface area (Å²) >= 11 is 0. The van der Waals surface area contributed by atoms with Crippen molar-refractivity contribution in [3.63, 3.8) is 0 Å². The van der Waals surface area contributed by atoms with Crippen molar-refractivity contribution in [3.05, 3.63) is 17.7 Å². The minimum absolute atomic E-state index is 0.0232. The Morgan fingerprint density at radius 2 is 2.25 bits per heavy atom. The molecule has 0 aromatic carbocycles. The normalized spacial score (nSPS) is 24.3. The number of nitrogens with one attached hydrogen (secondary N) is 1. The van der Waals surface area contributed by atoms with Crippen molar-refractivity contribution in [2.45, 2.75) is 42.7 Å². The van der Waals surface area contributed by atoms with Crippen LogP contribution in [0.5, 0.6) is 0 Å². The van der Waals surface area contributed by atoms with Crippen LogP contribution in [0.25, 0.3) is 0 Å². The van der Waals surface area contributed by atoms with Gasteiger partial charge in [0.1, 0.15) is 10.5 Å². The highest BCUT2D eigenvalue weighted by Crippen LogP contribution is 2.31. The van der Waals surface area contributed by atoms with Gasteiger partial charge in [-0.25, -0.2) is 22.3 Å². The first-order valence-electron chi connectivity index (χ1n) is 7.53. The van der Waals surface area contributed by atoms with Gasteiger partial charge < -0.3 is 19.5 Å².